The molecule has 140 valence electrons. The lowest BCUT2D eigenvalue weighted by atomic mass is 10.2. The Morgan fingerprint density at radius 1 is 1.04 bits per heavy atom. The van der Waals surface area contributed by atoms with Crippen molar-refractivity contribution in [2.75, 3.05) is 13.3 Å². The predicted molar refractivity (Wildman–Crippen MR) is 107 cm³/mol. The van der Waals surface area contributed by atoms with Crippen molar-refractivity contribution in [2.45, 2.75) is 11.4 Å². The molecule has 0 N–H and O–H groups in total. The van der Waals surface area contributed by atoms with Gasteiger partial charge in [0.2, 0.25) is 0 Å². The summed E-state index contributed by atoms with van der Waals surface area (Å²) in [5.74, 6) is 0.938. The fraction of sp³-hybridized carbons (Fsp3) is 0.150. The highest BCUT2D eigenvalue weighted by molar-refractivity contribution is 9.10. The fourth-order valence-electron chi connectivity index (χ4n) is 2.71. The van der Waals surface area contributed by atoms with E-state index in [1.54, 1.807) is 19.2 Å². The van der Waals surface area contributed by atoms with Crippen molar-refractivity contribution in [3.05, 3.63) is 76.5 Å². The highest BCUT2D eigenvalue weighted by Gasteiger charge is 2.21. The van der Waals surface area contributed by atoms with E-state index in [2.05, 4.69) is 15.9 Å². The van der Waals surface area contributed by atoms with E-state index in [1.807, 2.05) is 36.4 Å². The molecule has 1 aromatic heterocycles. The fourth-order valence-corrected chi connectivity index (χ4v) is 3.85. The maximum absolute atomic E-state index is 12.7. The number of carbonyl (C=O) groups is 1. The van der Waals surface area contributed by atoms with Crippen molar-refractivity contribution in [3.63, 3.8) is 0 Å². The van der Waals surface area contributed by atoms with Gasteiger partial charge in [-0.3, -0.25) is 4.79 Å². The lowest BCUT2D eigenvalue weighted by molar-refractivity contribution is 0.0772. The Kier molecular flexibility index (Phi) is 5.53. The first-order chi connectivity index (χ1) is 12.8. The number of hydrogen-bond donors (Lipinski definition) is 0. The summed E-state index contributed by atoms with van der Waals surface area (Å²) < 4.78 is 30.7. The minimum Gasteiger partial charge on any atom is -0.459 e. The number of amides is 1. The molecular formula is C20H18BrNO4S. The molecule has 2 aromatic carbocycles. The lowest BCUT2D eigenvalue weighted by Crippen LogP contribution is -2.27. The molecule has 0 aliphatic rings. The van der Waals surface area contributed by atoms with Crippen LogP contribution in [0.2, 0.25) is 0 Å². The first-order valence-electron chi connectivity index (χ1n) is 8.15. The minimum absolute atomic E-state index is 0.0249. The zero-order valence-corrected chi connectivity index (χ0v) is 17.2. The summed E-state index contributed by atoms with van der Waals surface area (Å²) in [7, 11) is -1.88. The molecule has 3 aromatic rings. The number of halogens is 1. The molecule has 0 saturated heterocycles. The topological polar surface area (TPSA) is 67.6 Å². The highest BCUT2D eigenvalue weighted by atomic mass is 79.9. The van der Waals surface area contributed by atoms with Gasteiger partial charge in [0.15, 0.2) is 9.84 Å². The van der Waals surface area contributed by atoms with Gasteiger partial charge in [0, 0.05) is 23.3 Å². The summed E-state index contributed by atoms with van der Waals surface area (Å²) in [6, 6.07) is 17.6. The number of carbonyl (C=O) groups excluding carboxylic acids is 1. The number of rotatable bonds is 5. The monoisotopic (exact) mass is 447 g/mol. The second-order valence-corrected chi connectivity index (χ2v) is 9.10. The molecule has 1 amide bonds. The van der Waals surface area contributed by atoms with E-state index in [0.29, 0.717) is 11.5 Å². The summed E-state index contributed by atoms with van der Waals surface area (Å²) in [4.78, 5) is 14.2. The SMILES string of the molecule is CN(Cc1ccc(-c2ccc(Br)cc2)o1)C(=O)c1ccccc1S(C)(=O)=O. The second-order valence-electron chi connectivity index (χ2n) is 6.20. The van der Waals surface area contributed by atoms with Crippen LogP contribution >= 0.6 is 15.9 Å². The Hall–Kier alpha value is -2.38. The number of benzene rings is 2. The minimum atomic E-state index is -3.50. The zero-order valence-electron chi connectivity index (χ0n) is 14.8. The first-order valence-corrected chi connectivity index (χ1v) is 10.8. The van der Waals surface area contributed by atoms with Gasteiger partial charge >= 0.3 is 0 Å². The molecule has 27 heavy (non-hydrogen) atoms. The van der Waals surface area contributed by atoms with Crippen LogP contribution in [0.4, 0.5) is 0 Å². The Labute approximate surface area is 166 Å². The van der Waals surface area contributed by atoms with E-state index in [4.69, 9.17) is 4.42 Å². The Balaban J connectivity index is 1.79. The summed E-state index contributed by atoms with van der Waals surface area (Å²) in [6.45, 7) is 0.230. The molecule has 0 atom stereocenters. The van der Waals surface area contributed by atoms with Crippen LogP contribution in [-0.4, -0.2) is 32.5 Å². The van der Waals surface area contributed by atoms with E-state index in [-0.39, 0.29) is 22.9 Å². The molecule has 5 nitrogen and oxygen atoms in total. The zero-order chi connectivity index (χ0) is 19.6. The van der Waals surface area contributed by atoms with E-state index in [9.17, 15) is 13.2 Å². The number of sulfone groups is 1. The first kappa shape index (κ1) is 19.4. The Morgan fingerprint density at radius 2 is 1.70 bits per heavy atom. The lowest BCUT2D eigenvalue weighted by Gasteiger charge is -2.17. The maximum Gasteiger partial charge on any atom is 0.255 e. The van der Waals surface area contributed by atoms with Crippen molar-refractivity contribution in [3.8, 4) is 11.3 Å². The van der Waals surface area contributed by atoms with Crippen LogP contribution in [0.3, 0.4) is 0 Å². The molecule has 0 unspecified atom stereocenters. The summed E-state index contributed by atoms with van der Waals surface area (Å²) in [5, 5.41) is 0. The van der Waals surface area contributed by atoms with Gasteiger partial charge in [-0.2, -0.15) is 0 Å². The van der Waals surface area contributed by atoms with Gasteiger partial charge in [0.05, 0.1) is 17.0 Å². The van der Waals surface area contributed by atoms with Crippen LogP contribution in [0.15, 0.2) is 74.4 Å². The molecule has 0 aliphatic heterocycles. The molecule has 0 aliphatic carbocycles. The molecule has 3 rings (SSSR count). The van der Waals surface area contributed by atoms with Crippen molar-refractivity contribution < 1.29 is 17.6 Å². The average Bonchev–Trinajstić information content (AvgIpc) is 3.09. The third-order valence-corrected chi connectivity index (χ3v) is 5.73. The van der Waals surface area contributed by atoms with E-state index >= 15 is 0 Å². The second kappa shape index (κ2) is 7.70. The molecule has 0 spiro atoms. The van der Waals surface area contributed by atoms with Crippen molar-refractivity contribution in [1.82, 2.24) is 4.90 Å². The van der Waals surface area contributed by atoms with Crippen LogP contribution in [-0.2, 0) is 16.4 Å². The van der Waals surface area contributed by atoms with Gasteiger partial charge in [-0.15, -0.1) is 0 Å². The van der Waals surface area contributed by atoms with Crippen LogP contribution in [0.1, 0.15) is 16.1 Å². The average molecular weight is 448 g/mol. The summed E-state index contributed by atoms with van der Waals surface area (Å²) >= 11 is 3.40. The van der Waals surface area contributed by atoms with Crippen LogP contribution < -0.4 is 0 Å². The Morgan fingerprint density at radius 3 is 2.37 bits per heavy atom. The van der Waals surface area contributed by atoms with Crippen LogP contribution in [0.25, 0.3) is 11.3 Å². The predicted octanol–water partition coefficient (Wildman–Crippen LogP) is 4.38. The summed E-state index contributed by atoms with van der Waals surface area (Å²) in [5.41, 5.74) is 1.09. The normalized spacial score (nSPS) is 11.4. The Bertz CT molecular complexity index is 1070. The molecule has 0 saturated carbocycles. The molecule has 7 heteroatoms. The van der Waals surface area contributed by atoms with Gasteiger partial charge in [0.1, 0.15) is 11.5 Å². The molecule has 0 fully saturated rings. The summed E-state index contributed by atoms with van der Waals surface area (Å²) in [6.07, 6.45) is 1.09. The van der Waals surface area contributed by atoms with Gasteiger partial charge in [-0.25, -0.2) is 8.42 Å². The molecule has 0 bridgehead atoms. The van der Waals surface area contributed by atoms with Gasteiger partial charge in [0.25, 0.3) is 5.91 Å². The van der Waals surface area contributed by atoms with Crippen molar-refractivity contribution in [2.24, 2.45) is 0 Å². The quantitative estimate of drug-likeness (QED) is 0.581. The smallest absolute Gasteiger partial charge is 0.255 e. The van der Waals surface area contributed by atoms with E-state index in [0.717, 1.165) is 16.3 Å². The number of hydrogen-bond acceptors (Lipinski definition) is 4. The van der Waals surface area contributed by atoms with E-state index in [1.165, 1.54) is 17.0 Å². The van der Waals surface area contributed by atoms with E-state index < -0.39 is 9.84 Å². The van der Waals surface area contributed by atoms with Gasteiger partial charge in [-0.05, 0) is 36.4 Å². The van der Waals surface area contributed by atoms with Crippen LogP contribution in [0, 0.1) is 0 Å². The van der Waals surface area contributed by atoms with Gasteiger partial charge in [-0.1, -0.05) is 40.2 Å². The standard InChI is InChI=1S/C20H18BrNO4S/c1-22(20(23)17-5-3-4-6-19(17)27(2,24)25)13-16-11-12-18(26-16)14-7-9-15(21)10-8-14/h3-12H,13H2,1-2H3. The largest absolute Gasteiger partial charge is 0.459 e. The van der Waals surface area contributed by atoms with Crippen molar-refractivity contribution in [1.29, 1.82) is 0 Å². The molecule has 1 heterocycles. The van der Waals surface area contributed by atoms with Crippen LogP contribution in [0.5, 0.6) is 0 Å². The maximum atomic E-state index is 12.7. The van der Waals surface area contributed by atoms with Crippen molar-refractivity contribution >= 4 is 31.7 Å². The number of nitrogens with zero attached hydrogens (tertiary/aromatic N) is 1. The number of furan rings is 1. The molecule has 0 radical (unpaired) electrons. The van der Waals surface area contributed by atoms with Gasteiger partial charge < -0.3 is 9.32 Å². The third-order valence-electron chi connectivity index (χ3n) is 4.05. The highest BCUT2D eigenvalue weighted by Crippen LogP contribution is 2.25. The third kappa shape index (κ3) is 4.48. The molecular weight excluding hydrogens is 430 g/mol.